The van der Waals surface area contributed by atoms with E-state index >= 15 is 0 Å². The van der Waals surface area contributed by atoms with Gasteiger partial charge in [-0.25, -0.2) is 9.18 Å². The van der Waals surface area contributed by atoms with Gasteiger partial charge in [0.05, 0.1) is 14.2 Å². The fourth-order valence-electron chi connectivity index (χ4n) is 4.29. The molecule has 6 nitrogen and oxygen atoms in total. The molecule has 1 saturated heterocycles. The molecule has 4 rings (SSSR count). The minimum absolute atomic E-state index is 0.0318. The lowest BCUT2D eigenvalue weighted by atomic mass is 9.99. The molecule has 0 spiro atoms. The van der Waals surface area contributed by atoms with Gasteiger partial charge in [0.25, 0.3) is 0 Å². The highest BCUT2D eigenvalue weighted by Crippen LogP contribution is 2.33. The van der Waals surface area contributed by atoms with Crippen molar-refractivity contribution in [3.63, 3.8) is 0 Å². The van der Waals surface area contributed by atoms with Crippen LogP contribution in [0.3, 0.4) is 0 Å². The van der Waals surface area contributed by atoms with Gasteiger partial charge < -0.3 is 24.6 Å². The van der Waals surface area contributed by atoms with Crippen LogP contribution in [0.15, 0.2) is 36.4 Å². The average Bonchev–Trinajstić information content (AvgIpc) is 3.25. The molecule has 1 N–H and O–H groups in total. The number of nitrogens with one attached hydrogen (secondary N) is 1. The number of anilines is 1. The summed E-state index contributed by atoms with van der Waals surface area (Å²) in [5.74, 6) is 1.58. The first-order valence-corrected chi connectivity index (χ1v) is 10.3. The van der Waals surface area contributed by atoms with Crippen molar-refractivity contribution in [2.45, 2.75) is 19.4 Å². The van der Waals surface area contributed by atoms with Gasteiger partial charge in [-0.3, -0.25) is 0 Å². The molecule has 0 aliphatic carbocycles. The highest BCUT2D eigenvalue weighted by molar-refractivity contribution is 5.74. The van der Waals surface area contributed by atoms with Crippen LogP contribution in [-0.4, -0.2) is 51.3 Å². The Morgan fingerprint density at radius 2 is 1.80 bits per heavy atom. The van der Waals surface area contributed by atoms with E-state index in [1.54, 1.807) is 14.2 Å². The average molecular weight is 413 g/mol. The van der Waals surface area contributed by atoms with Gasteiger partial charge >= 0.3 is 6.03 Å². The Morgan fingerprint density at radius 1 is 1.10 bits per heavy atom. The van der Waals surface area contributed by atoms with E-state index in [1.807, 2.05) is 29.2 Å². The summed E-state index contributed by atoms with van der Waals surface area (Å²) in [7, 11) is 3.25. The smallest absolute Gasteiger partial charge is 0.317 e. The third kappa shape index (κ3) is 4.30. The summed E-state index contributed by atoms with van der Waals surface area (Å²) >= 11 is 0. The predicted octanol–water partition coefficient (Wildman–Crippen LogP) is 3.44. The molecule has 0 aromatic heterocycles. The molecule has 1 atom stereocenters. The number of amides is 2. The predicted molar refractivity (Wildman–Crippen MR) is 114 cm³/mol. The van der Waals surface area contributed by atoms with E-state index in [4.69, 9.17) is 9.47 Å². The van der Waals surface area contributed by atoms with E-state index in [9.17, 15) is 9.18 Å². The summed E-state index contributed by atoms with van der Waals surface area (Å²) < 4.78 is 23.9. The molecule has 2 amide bonds. The van der Waals surface area contributed by atoms with Crippen LogP contribution in [0.4, 0.5) is 14.9 Å². The van der Waals surface area contributed by atoms with Gasteiger partial charge in [-0.15, -0.1) is 0 Å². The van der Waals surface area contributed by atoms with Crippen molar-refractivity contribution < 1.29 is 18.7 Å². The van der Waals surface area contributed by atoms with Crippen LogP contribution < -0.4 is 19.7 Å². The lowest BCUT2D eigenvalue weighted by Crippen LogP contribution is -2.44. The van der Waals surface area contributed by atoms with Crippen LogP contribution in [0.5, 0.6) is 11.5 Å². The maximum atomic E-state index is 13.1. The van der Waals surface area contributed by atoms with Gasteiger partial charge in [-0.05, 0) is 66.3 Å². The third-order valence-corrected chi connectivity index (χ3v) is 6.02. The molecule has 1 unspecified atom stereocenters. The van der Waals surface area contributed by atoms with Crippen LogP contribution in [0, 0.1) is 11.7 Å². The normalized spacial score (nSPS) is 18.2. The maximum absolute atomic E-state index is 13.1. The van der Waals surface area contributed by atoms with Crippen molar-refractivity contribution >= 4 is 11.7 Å². The summed E-state index contributed by atoms with van der Waals surface area (Å²) in [6.07, 6.45) is 1.81. The fraction of sp³-hybridized carbons (Fsp3) is 0.435. The Balaban J connectivity index is 1.30. The Hall–Kier alpha value is -2.96. The van der Waals surface area contributed by atoms with Crippen LogP contribution in [0.1, 0.15) is 17.5 Å². The number of hydrogen-bond acceptors (Lipinski definition) is 4. The van der Waals surface area contributed by atoms with Crippen molar-refractivity contribution in [2.75, 3.05) is 45.3 Å². The van der Waals surface area contributed by atoms with Crippen LogP contribution in [0.2, 0.25) is 0 Å². The van der Waals surface area contributed by atoms with E-state index < -0.39 is 0 Å². The zero-order valence-electron chi connectivity index (χ0n) is 17.5. The lowest BCUT2D eigenvalue weighted by molar-refractivity contribution is 0.190. The number of carbonyl (C=O) groups is 1. The molecule has 0 bridgehead atoms. The first kappa shape index (κ1) is 20.3. The van der Waals surface area contributed by atoms with Gasteiger partial charge in [-0.2, -0.15) is 0 Å². The summed E-state index contributed by atoms with van der Waals surface area (Å²) in [6.45, 7) is 3.68. The molecule has 0 radical (unpaired) electrons. The van der Waals surface area contributed by atoms with E-state index in [0.717, 1.165) is 42.9 Å². The van der Waals surface area contributed by atoms with Crippen molar-refractivity contribution in [3.8, 4) is 11.5 Å². The SMILES string of the molecule is COc1cc2c(cc1OC)CN(C(=O)NCC1CCN(c3ccc(F)cc3)C1)CC2. The third-order valence-electron chi connectivity index (χ3n) is 6.02. The Labute approximate surface area is 176 Å². The second kappa shape index (κ2) is 8.81. The van der Waals surface area contributed by atoms with Crippen molar-refractivity contribution in [1.29, 1.82) is 0 Å². The molecule has 2 aromatic carbocycles. The first-order valence-electron chi connectivity index (χ1n) is 10.3. The number of fused-ring (bicyclic) bond motifs is 1. The molecule has 2 aliphatic rings. The molecule has 2 heterocycles. The number of rotatable bonds is 5. The van der Waals surface area contributed by atoms with E-state index in [1.165, 1.54) is 17.7 Å². The van der Waals surface area contributed by atoms with Gasteiger partial charge in [0.2, 0.25) is 0 Å². The number of nitrogens with zero attached hydrogens (tertiary/aromatic N) is 2. The number of halogens is 1. The summed E-state index contributed by atoms with van der Waals surface area (Å²) in [4.78, 5) is 16.8. The van der Waals surface area contributed by atoms with Crippen molar-refractivity contribution in [3.05, 3.63) is 53.3 Å². The second-order valence-corrected chi connectivity index (χ2v) is 7.91. The number of ether oxygens (including phenoxy) is 2. The number of hydrogen-bond donors (Lipinski definition) is 1. The standard InChI is InChI=1S/C23H28FN3O3/c1-29-21-11-17-8-10-27(15-18(17)12-22(21)30-2)23(28)25-13-16-7-9-26(14-16)20-5-3-19(24)4-6-20/h3-6,11-12,16H,7-10,13-15H2,1-2H3,(H,25,28). The van der Waals surface area contributed by atoms with Gasteiger partial charge in [0.1, 0.15) is 5.82 Å². The fourth-order valence-corrected chi connectivity index (χ4v) is 4.29. The zero-order valence-corrected chi connectivity index (χ0v) is 17.5. The quantitative estimate of drug-likeness (QED) is 0.816. The summed E-state index contributed by atoms with van der Waals surface area (Å²) in [6, 6.07) is 10.5. The monoisotopic (exact) mass is 413 g/mol. The largest absolute Gasteiger partial charge is 0.493 e. The number of urea groups is 1. The Kier molecular flexibility index (Phi) is 5.97. The number of carbonyl (C=O) groups excluding carboxylic acids is 1. The van der Waals surface area contributed by atoms with Crippen molar-refractivity contribution in [1.82, 2.24) is 10.2 Å². The maximum Gasteiger partial charge on any atom is 0.317 e. The van der Waals surface area contributed by atoms with E-state index in [0.29, 0.717) is 31.3 Å². The van der Waals surface area contributed by atoms with Crippen LogP contribution >= 0.6 is 0 Å². The highest BCUT2D eigenvalue weighted by atomic mass is 19.1. The minimum Gasteiger partial charge on any atom is -0.493 e. The Morgan fingerprint density at radius 3 is 2.50 bits per heavy atom. The minimum atomic E-state index is -0.221. The molecule has 7 heteroatoms. The molecule has 1 fully saturated rings. The first-order chi connectivity index (χ1) is 14.6. The Bertz CT molecular complexity index is 903. The van der Waals surface area contributed by atoms with Gasteiger partial charge in [0, 0.05) is 38.4 Å². The van der Waals surface area contributed by atoms with E-state index in [-0.39, 0.29) is 11.8 Å². The summed E-state index contributed by atoms with van der Waals surface area (Å²) in [5, 5.41) is 3.10. The van der Waals surface area contributed by atoms with Crippen LogP contribution in [0.25, 0.3) is 0 Å². The molecule has 30 heavy (non-hydrogen) atoms. The topological polar surface area (TPSA) is 54.0 Å². The number of benzene rings is 2. The van der Waals surface area contributed by atoms with Gasteiger partial charge in [0.15, 0.2) is 11.5 Å². The van der Waals surface area contributed by atoms with Crippen molar-refractivity contribution in [2.24, 2.45) is 5.92 Å². The zero-order chi connectivity index (χ0) is 21.1. The van der Waals surface area contributed by atoms with Gasteiger partial charge in [-0.1, -0.05) is 0 Å². The molecular weight excluding hydrogens is 385 g/mol. The highest BCUT2D eigenvalue weighted by Gasteiger charge is 2.26. The molecular formula is C23H28FN3O3. The van der Waals surface area contributed by atoms with Crippen LogP contribution in [-0.2, 0) is 13.0 Å². The molecule has 0 saturated carbocycles. The molecule has 2 aromatic rings. The van der Waals surface area contributed by atoms with E-state index in [2.05, 4.69) is 10.2 Å². The second-order valence-electron chi connectivity index (χ2n) is 7.91. The molecule has 160 valence electrons. The lowest BCUT2D eigenvalue weighted by Gasteiger charge is -2.30. The molecule has 2 aliphatic heterocycles. The number of methoxy groups -OCH3 is 2. The summed E-state index contributed by atoms with van der Waals surface area (Å²) in [5.41, 5.74) is 3.32.